The van der Waals surface area contributed by atoms with Gasteiger partial charge in [0.15, 0.2) is 0 Å². The maximum Gasteiger partial charge on any atom is 0.418 e. The second-order valence-electron chi connectivity index (χ2n) is 6.43. The van der Waals surface area contributed by atoms with E-state index < -0.39 is 34.4 Å². The van der Waals surface area contributed by atoms with Gasteiger partial charge in [0.25, 0.3) is 5.91 Å². The first-order chi connectivity index (χ1) is 11.8. The highest BCUT2D eigenvalue weighted by Gasteiger charge is 2.49. The Morgan fingerprint density at radius 3 is 2.80 bits per heavy atom. The van der Waals surface area contributed by atoms with Gasteiger partial charge in [-0.25, -0.2) is 10.3 Å². The minimum absolute atomic E-state index is 0.149. The Balaban J connectivity index is 1.51. The molecule has 3 heterocycles. The Labute approximate surface area is 145 Å². The molecule has 3 atom stereocenters. The van der Waals surface area contributed by atoms with Gasteiger partial charge in [0.1, 0.15) is 6.04 Å². The molecule has 1 unspecified atom stereocenters. The molecule has 3 aliphatic rings. The zero-order valence-electron chi connectivity index (χ0n) is 13.6. The third-order valence-electron chi connectivity index (χ3n) is 4.67. The van der Waals surface area contributed by atoms with Crippen molar-refractivity contribution in [2.75, 3.05) is 19.7 Å². The van der Waals surface area contributed by atoms with Crippen LogP contribution in [0, 0.1) is 0 Å². The molecule has 3 amide bonds. The van der Waals surface area contributed by atoms with Gasteiger partial charge in [-0.3, -0.25) is 14.2 Å². The SMILES string of the molecule is O=C(NOC[C@@H]1CCCCN1)C1CC[C@@H]2CN1C(=O)N2OS(=O)(=O)O. The molecule has 0 aromatic rings. The van der Waals surface area contributed by atoms with E-state index in [0.717, 1.165) is 25.8 Å². The van der Waals surface area contributed by atoms with E-state index >= 15 is 0 Å². The summed E-state index contributed by atoms with van der Waals surface area (Å²) >= 11 is 0. The molecule has 12 heteroatoms. The van der Waals surface area contributed by atoms with Crippen molar-refractivity contribution in [1.82, 2.24) is 20.8 Å². The molecule has 3 rings (SSSR count). The molecular weight excluding hydrogens is 356 g/mol. The number of amides is 3. The van der Waals surface area contributed by atoms with E-state index in [4.69, 9.17) is 9.39 Å². The van der Waals surface area contributed by atoms with E-state index in [1.807, 2.05) is 0 Å². The number of fused-ring (bicyclic) bond motifs is 2. The molecule has 0 spiro atoms. The Bertz CT molecular complexity index is 622. The van der Waals surface area contributed by atoms with Crippen molar-refractivity contribution in [1.29, 1.82) is 0 Å². The van der Waals surface area contributed by atoms with Crippen molar-refractivity contribution in [3.63, 3.8) is 0 Å². The summed E-state index contributed by atoms with van der Waals surface area (Å²) in [5.41, 5.74) is 2.37. The molecule has 0 aromatic carbocycles. The van der Waals surface area contributed by atoms with Crippen LogP contribution in [0.1, 0.15) is 32.1 Å². The average Bonchev–Trinajstić information content (AvgIpc) is 2.79. The predicted octanol–water partition coefficient (Wildman–Crippen LogP) is -0.821. The van der Waals surface area contributed by atoms with Crippen molar-refractivity contribution in [3.05, 3.63) is 0 Å². The highest BCUT2D eigenvalue weighted by atomic mass is 32.3. The summed E-state index contributed by atoms with van der Waals surface area (Å²) < 4.78 is 34.8. The molecule has 0 radical (unpaired) electrons. The van der Waals surface area contributed by atoms with Crippen LogP contribution >= 0.6 is 0 Å². The monoisotopic (exact) mass is 378 g/mol. The number of piperidine rings is 2. The van der Waals surface area contributed by atoms with E-state index in [1.165, 1.54) is 4.90 Å². The van der Waals surface area contributed by atoms with Gasteiger partial charge in [0.2, 0.25) is 0 Å². The van der Waals surface area contributed by atoms with Gasteiger partial charge >= 0.3 is 16.4 Å². The molecule has 25 heavy (non-hydrogen) atoms. The minimum atomic E-state index is -4.80. The molecule has 3 aliphatic heterocycles. The fourth-order valence-electron chi connectivity index (χ4n) is 3.45. The van der Waals surface area contributed by atoms with Crippen LogP contribution in [0.15, 0.2) is 0 Å². The zero-order chi connectivity index (χ0) is 18.0. The first-order valence-corrected chi connectivity index (χ1v) is 9.63. The van der Waals surface area contributed by atoms with Crippen LogP contribution < -0.4 is 10.8 Å². The maximum absolute atomic E-state index is 12.3. The fourth-order valence-corrected chi connectivity index (χ4v) is 3.84. The summed E-state index contributed by atoms with van der Waals surface area (Å²) in [6.07, 6.45) is 3.95. The molecule has 2 bridgehead atoms. The first-order valence-electron chi connectivity index (χ1n) is 8.27. The molecule has 3 fully saturated rings. The number of hydrogen-bond acceptors (Lipinski definition) is 7. The number of carbonyl (C=O) groups excluding carboxylic acids is 2. The summed E-state index contributed by atoms with van der Waals surface area (Å²) in [7, 11) is -4.80. The Morgan fingerprint density at radius 2 is 2.12 bits per heavy atom. The Morgan fingerprint density at radius 1 is 1.32 bits per heavy atom. The van der Waals surface area contributed by atoms with Gasteiger partial charge in [-0.1, -0.05) is 6.42 Å². The standard InChI is InChI=1S/C13H22N4O7S/c18-12(15-23-8-9-3-1-2-6-14-9)11-5-4-10-7-16(11)13(19)17(10)24-25(20,21)22/h9-11,14H,1-8H2,(H,15,18)(H,20,21,22)/t9-,10+,11?/m0/s1. The summed E-state index contributed by atoms with van der Waals surface area (Å²) in [6.45, 7) is 1.42. The van der Waals surface area contributed by atoms with Crippen molar-refractivity contribution in [2.24, 2.45) is 0 Å². The number of nitrogens with one attached hydrogen (secondary N) is 2. The van der Waals surface area contributed by atoms with E-state index in [0.29, 0.717) is 24.5 Å². The summed E-state index contributed by atoms with van der Waals surface area (Å²) in [4.78, 5) is 31.0. The van der Waals surface area contributed by atoms with Crippen LogP contribution in [0.4, 0.5) is 4.79 Å². The van der Waals surface area contributed by atoms with Crippen molar-refractivity contribution in [2.45, 2.75) is 50.2 Å². The van der Waals surface area contributed by atoms with Crippen LogP contribution in [0.2, 0.25) is 0 Å². The van der Waals surface area contributed by atoms with Crippen LogP contribution in [0.25, 0.3) is 0 Å². The second-order valence-corrected chi connectivity index (χ2v) is 7.44. The zero-order valence-corrected chi connectivity index (χ0v) is 14.4. The van der Waals surface area contributed by atoms with Crippen LogP contribution in [0.3, 0.4) is 0 Å². The van der Waals surface area contributed by atoms with Crippen LogP contribution in [0.5, 0.6) is 0 Å². The maximum atomic E-state index is 12.3. The molecule has 0 aromatic heterocycles. The predicted molar refractivity (Wildman–Crippen MR) is 83.1 cm³/mol. The van der Waals surface area contributed by atoms with Crippen LogP contribution in [-0.4, -0.2) is 72.7 Å². The van der Waals surface area contributed by atoms with Crippen molar-refractivity contribution >= 4 is 22.3 Å². The number of rotatable bonds is 6. The molecule has 142 valence electrons. The van der Waals surface area contributed by atoms with Crippen molar-refractivity contribution < 1.29 is 31.7 Å². The summed E-state index contributed by atoms with van der Waals surface area (Å²) in [5, 5.41) is 3.90. The molecule has 11 nitrogen and oxygen atoms in total. The largest absolute Gasteiger partial charge is 0.418 e. The summed E-state index contributed by atoms with van der Waals surface area (Å²) in [5.74, 6) is -0.462. The molecule has 3 N–H and O–H groups in total. The number of hydroxylamine groups is 3. The number of nitrogens with zero attached hydrogens (tertiary/aromatic N) is 2. The van der Waals surface area contributed by atoms with E-state index in [1.54, 1.807) is 0 Å². The molecular formula is C13H22N4O7S. The molecule has 0 saturated carbocycles. The Hall–Kier alpha value is -1.47. The second kappa shape index (κ2) is 7.41. The average molecular weight is 378 g/mol. The topological polar surface area (TPSA) is 138 Å². The van der Waals surface area contributed by atoms with Gasteiger partial charge in [-0.15, -0.1) is 4.28 Å². The van der Waals surface area contributed by atoms with Gasteiger partial charge < -0.3 is 10.2 Å². The van der Waals surface area contributed by atoms with Gasteiger partial charge in [0, 0.05) is 12.6 Å². The highest BCUT2D eigenvalue weighted by Crippen LogP contribution is 2.30. The highest BCUT2D eigenvalue weighted by molar-refractivity contribution is 7.80. The number of carbonyl (C=O) groups is 2. The van der Waals surface area contributed by atoms with Gasteiger partial charge in [-0.05, 0) is 32.2 Å². The lowest BCUT2D eigenvalue weighted by atomic mass is 10.0. The normalized spacial score (nSPS) is 29.8. The first kappa shape index (κ1) is 18.3. The third kappa shape index (κ3) is 4.39. The fraction of sp³-hybridized carbons (Fsp3) is 0.846. The number of hydrogen-bond donors (Lipinski definition) is 3. The third-order valence-corrected chi connectivity index (χ3v) is 5.02. The minimum Gasteiger partial charge on any atom is -0.312 e. The Kier molecular flexibility index (Phi) is 5.43. The molecule has 3 saturated heterocycles. The van der Waals surface area contributed by atoms with Crippen LogP contribution in [-0.2, 0) is 24.3 Å². The quantitative estimate of drug-likeness (QED) is 0.403. The van der Waals surface area contributed by atoms with E-state index in [9.17, 15) is 18.0 Å². The lowest BCUT2D eigenvalue weighted by molar-refractivity contribution is -0.139. The van der Waals surface area contributed by atoms with E-state index in [2.05, 4.69) is 15.1 Å². The van der Waals surface area contributed by atoms with Crippen molar-refractivity contribution in [3.8, 4) is 0 Å². The lowest BCUT2D eigenvalue weighted by Gasteiger charge is -2.29. The van der Waals surface area contributed by atoms with Gasteiger partial charge in [-0.2, -0.15) is 13.5 Å². The summed E-state index contributed by atoms with van der Waals surface area (Å²) in [6, 6.07) is -1.87. The van der Waals surface area contributed by atoms with E-state index in [-0.39, 0.29) is 12.6 Å². The smallest absolute Gasteiger partial charge is 0.312 e. The molecule has 0 aliphatic carbocycles. The lowest BCUT2D eigenvalue weighted by Crippen LogP contribution is -2.50. The number of urea groups is 1. The van der Waals surface area contributed by atoms with Gasteiger partial charge in [0.05, 0.1) is 12.6 Å².